The predicted molar refractivity (Wildman–Crippen MR) is 78.4 cm³/mol. The van der Waals surface area contributed by atoms with E-state index in [9.17, 15) is 14.4 Å². The first-order valence-corrected chi connectivity index (χ1v) is 7.09. The summed E-state index contributed by atoms with van der Waals surface area (Å²) in [6, 6.07) is 5.18. The minimum atomic E-state index is -0.414. The molecule has 1 aromatic carbocycles. The first kappa shape index (κ1) is 14.4. The molecule has 0 bridgehead atoms. The Balaban J connectivity index is 2.03. The minimum absolute atomic E-state index is 0.265. The van der Waals surface area contributed by atoms with Crippen LogP contribution in [0.1, 0.15) is 12.0 Å². The van der Waals surface area contributed by atoms with Gasteiger partial charge in [0, 0.05) is 23.5 Å². The van der Waals surface area contributed by atoms with Gasteiger partial charge >= 0.3 is 0 Å². The maximum Gasteiger partial charge on any atom is 0.288 e. The molecule has 0 aromatic heterocycles. The van der Waals surface area contributed by atoms with Crippen LogP contribution in [0.3, 0.4) is 0 Å². The number of benzene rings is 1. The van der Waals surface area contributed by atoms with E-state index < -0.39 is 5.91 Å². The Morgan fingerprint density at radius 3 is 2.90 bits per heavy atom. The number of rotatable bonds is 3. The Labute approximate surface area is 120 Å². The van der Waals surface area contributed by atoms with Crippen LogP contribution in [0.25, 0.3) is 0 Å². The van der Waals surface area contributed by atoms with Crippen molar-refractivity contribution in [3.8, 4) is 0 Å². The van der Waals surface area contributed by atoms with Crippen molar-refractivity contribution in [1.29, 1.82) is 0 Å². The highest BCUT2D eigenvalue weighted by molar-refractivity contribution is 8.13. The van der Waals surface area contributed by atoms with Crippen molar-refractivity contribution in [3.63, 3.8) is 0 Å². The van der Waals surface area contributed by atoms with Gasteiger partial charge in [0.2, 0.25) is 11.8 Å². The molecule has 1 aliphatic rings. The Kier molecular flexibility index (Phi) is 4.29. The summed E-state index contributed by atoms with van der Waals surface area (Å²) in [5, 5.41) is 2.29. The number of amides is 3. The lowest BCUT2D eigenvalue weighted by atomic mass is 10.1. The van der Waals surface area contributed by atoms with E-state index in [1.54, 1.807) is 25.1 Å². The molecule has 0 spiro atoms. The van der Waals surface area contributed by atoms with Gasteiger partial charge in [-0.15, -0.1) is 0 Å². The largest absolute Gasteiger partial charge is 0.398 e. The summed E-state index contributed by atoms with van der Waals surface area (Å²) in [5.41, 5.74) is 7.66. The van der Waals surface area contributed by atoms with Crippen LogP contribution in [0.2, 0.25) is 0 Å². The smallest absolute Gasteiger partial charge is 0.288 e. The summed E-state index contributed by atoms with van der Waals surface area (Å²) in [6.45, 7) is 1.52. The van der Waals surface area contributed by atoms with E-state index in [0.29, 0.717) is 17.1 Å². The third kappa shape index (κ3) is 3.11. The molecule has 0 aliphatic carbocycles. The van der Waals surface area contributed by atoms with E-state index in [1.807, 2.05) is 0 Å². The zero-order chi connectivity index (χ0) is 14.7. The number of hydrogen-bond acceptors (Lipinski definition) is 5. The zero-order valence-corrected chi connectivity index (χ0v) is 11.8. The predicted octanol–water partition coefficient (Wildman–Crippen LogP) is 1.60. The quantitative estimate of drug-likeness (QED) is 0.826. The molecular formula is C13H15N3O3S. The number of nitrogens with two attached hydrogens (primary N) is 1. The Bertz CT molecular complexity index is 558. The van der Waals surface area contributed by atoms with E-state index in [1.165, 1.54) is 0 Å². The molecule has 20 heavy (non-hydrogen) atoms. The fraction of sp³-hybridized carbons (Fsp3) is 0.308. The van der Waals surface area contributed by atoms with Crippen LogP contribution in [0.15, 0.2) is 18.2 Å². The fourth-order valence-corrected chi connectivity index (χ4v) is 2.59. The van der Waals surface area contributed by atoms with Crippen molar-refractivity contribution in [2.24, 2.45) is 0 Å². The maximum atomic E-state index is 11.9. The molecule has 1 aromatic rings. The topological polar surface area (TPSA) is 92.5 Å². The van der Waals surface area contributed by atoms with Gasteiger partial charge in [0.05, 0.1) is 0 Å². The van der Waals surface area contributed by atoms with E-state index >= 15 is 0 Å². The summed E-state index contributed by atoms with van der Waals surface area (Å²) >= 11 is 1.05. The lowest BCUT2D eigenvalue weighted by Gasteiger charge is -2.23. The second kappa shape index (κ2) is 5.96. The molecule has 0 saturated carbocycles. The number of anilines is 2. The maximum absolute atomic E-state index is 11.9. The normalized spacial score (nSPS) is 15.3. The van der Waals surface area contributed by atoms with Crippen LogP contribution in [-0.4, -0.2) is 34.3 Å². The van der Waals surface area contributed by atoms with Crippen LogP contribution in [0, 0.1) is 6.92 Å². The van der Waals surface area contributed by atoms with Gasteiger partial charge < -0.3 is 11.1 Å². The molecule has 0 atom stereocenters. The van der Waals surface area contributed by atoms with Crippen molar-refractivity contribution >= 4 is 40.2 Å². The van der Waals surface area contributed by atoms with E-state index in [-0.39, 0.29) is 24.1 Å². The first-order chi connectivity index (χ1) is 9.49. The van der Waals surface area contributed by atoms with Gasteiger partial charge in [0.1, 0.15) is 6.54 Å². The van der Waals surface area contributed by atoms with Gasteiger partial charge in [-0.25, -0.2) is 0 Å². The van der Waals surface area contributed by atoms with E-state index in [2.05, 4.69) is 5.32 Å². The highest BCUT2D eigenvalue weighted by Crippen LogP contribution is 2.21. The van der Waals surface area contributed by atoms with E-state index in [0.717, 1.165) is 22.2 Å². The summed E-state index contributed by atoms with van der Waals surface area (Å²) in [4.78, 5) is 36.1. The van der Waals surface area contributed by atoms with Crippen LogP contribution in [-0.2, 0) is 9.59 Å². The van der Waals surface area contributed by atoms with Gasteiger partial charge in [-0.2, -0.15) is 0 Å². The average Bonchev–Trinajstić information content (AvgIpc) is 2.39. The molecule has 6 nitrogen and oxygen atoms in total. The van der Waals surface area contributed by atoms with Crippen molar-refractivity contribution in [3.05, 3.63) is 23.8 Å². The summed E-state index contributed by atoms with van der Waals surface area (Å²) in [5.74, 6) is -0.250. The second-order valence-electron chi connectivity index (χ2n) is 4.41. The van der Waals surface area contributed by atoms with Crippen LogP contribution in [0.5, 0.6) is 0 Å². The number of nitrogen functional groups attached to an aromatic ring is 1. The molecule has 2 rings (SSSR count). The van der Waals surface area contributed by atoms with Gasteiger partial charge in [0.15, 0.2) is 0 Å². The Morgan fingerprint density at radius 1 is 1.45 bits per heavy atom. The van der Waals surface area contributed by atoms with Crippen molar-refractivity contribution < 1.29 is 14.4 Å². The fourth-order valence-electron chi connectivity index (χ4n) is 1.82. The molecule has 1 aliphatic heterocycles. The molecule has 7 heteroatoms. The number of nitrogens with zero attached hydrogens (tertiary/aromatic N) is 1. The van der Waals surface area contributed by atoms with Gasteiger partial charge in [-0.3, -0.25) is 19.3 Å². The van der Waals surface area contributed by atoms with Crippen molar-refractivity contribution in [2.75, 3.05) is 23.3 Å². The number of thioether (sulfide) groups is 1. The van der Waals surface area contributed by atoms with Crippen molar-refractivity contribution in [1.82, 2.24) is 4.90 Å². The van der Waals surface area contributed by atoms with Gasteiger partial charge in [0.25, 0.3) is 5.24 Å². The average molecular weight is 293 g/mol. The molecule has 0 radical (unpaired) electrons. The van der Waals surface area contributed by atoms with Gasteiger partial charge in [-0.1, -0.05) is 17.8 Å². The third-order valence-corrected chi connectivity index (χ3v) is 3.89. The lowest BCUT2D eigenvalue weighted by Crippen LogP contribution is -2.43. The minimum Gasteiger partial charge on any atom is -0.398 e. The number of imide groups is 1. The Hall–Kier alpha value is -2.02. The molecule has 0 unspecified atom stereocenters. The molecule has 106 valence electrons. The number of carbonyl (C=O) groups is 3. The van der Waals surface area contributed by atoms with Crippen molar-refractivity contribution in [2.45, 2.75) is 13.3 Å². The SMILES string of the molecule is Cc1c(N)cccc1NC(=O)CN1C(=O)CCSC1=O. The monoisotopic (exact) mass is 293 g/mol. The molecule has 1 saturated heterocycles. The number of hydrogen-bond donors (Lipinski definition) is 2. The molecule has 3 amide bonds. The summed E-state index contributed by atoms with van der Waals surface area (Å²) < 4.78 is 0. The van der Waals surface area contributed by atoms with Crippen LogP contribution in [0.4, 0.5) is 16.2 Å². The third-order valence-electron chi connectivity index (χ3n) is 3.01. The Morgan fingerprint density at radius 2 is 2.20 bits per heavy atom. The first-order valence-electron chi connectivity index (χ1n) is 6.11. The number of carbonyl (C=O) groups excluding carboxylic acids is 3. The number of nitrogens with one attached hydrogen (secondary N) is 1. The lowest BCUT2D eigenvalue weighted by molar-refractivity contribution is -0.131. The van der Waals surface area contributed by atoms with Gasteiger partial charge in [-0.05, 0) is 24.6 Å². The molecular weight excluding hydrogens is 278 g/mol. The van der Waals surface area contributed by atoms with Crippen LogP contribution < -0.4 is 11.1 Å². The standard InChI is InChI=1S/C13H15N3O3S/c1-8-9(14)3-2-4-10(8)15-11(17)7-16-12(18)5-6-20-13(16)19/h2-4H,5-7,14H2,1H3,(H,15,17). The van der Waals surface area contributed by atoms with E-state index in [4.69, 9.17) is 5.73 Å². The van der Waals surface area contributed by atoms with Crippen LogP contribution >= 0.6 is 11.8 Å². The summed E-state index contributed by atoms with van der Waals surface area (Å²) in [6.07, 6.45) is 0.279. The molecule has 3 N–H and O–H groups in total. The molecule has 1 heterocycles. The second-order valence-corrected chi connectivity index (χ2v) is 5.46. The highest BCUT2D eigenvalue weighted by atomic mass is 32.2. The zero-order valence-electron chi connectivity index (χ0n) is 11.0. The highest BCUT2D eigenvalue weighted by Gasteiger charge is 2.28. The molecule has 1 fully saturated rings. The summed E-state index contributed by atoms with van der Waals surface area (Å²) in [7, 11) is 0.